The zero-order valence-electron chi connectivity index (χ0n) is 21.3. The number of para-hydroxylation sites is 1. The van der Waals surface area contributed by atoms with Crippen molar-refractivity contribution in [2.45, 2.75) is 63.4 Å². The number of benzene rings is 2. The van der Waals surface area contributed by atoms with Crippen LogP contribution < -0.4 is 16.0 Å². The molecule has 2 fully saturated rings. The maximum atomic E-state index is 13.6. The van der Waals surface area contributed by atoms with Crippen molar-refractivity contribution in [3.05, 3.63) is 65.7 Å². The number of carbonyl (C=O) groups is 4. The topological polar surface area (TPSA) is 154 Å². The van der Waals surface area contributed by atoms with Gasteiger partial charge in [0.1, 0.15) is 23.9 Å². The van der Waals surface area contributed by atoms with E-state index in [1.807, 2.05) is 30.3 Å². The maximum Gasteiger partial charge on any atom is 0.329 e. The first-order chi connectivity index (χ1) is 18.2. The van der Waals surface area contributed by atoms with Crippen molar-refractivity contribution in [1.29, 1.82) is 0 Å². The second kappa shape index (κ2) is 11.6. The van der Waals surface area contributed by atoms with Gasteiger partial charge in [0.15, 0.2) is 0 Å². The molecule has 0 spiro atoms. The molecular formula is C28H33N3O7. The van der Waals surface area contributed by atoms with E-state index in [1.165, 1.54) is 26.0 Å². The number of aliphatic hydroxyl groups excluding tert-OH is 1. The highest BCUT2D eigenvalue weighted by molar-refractivity contribution is 6.00. The Labute approximate surface area is 220 Å². The maximum absolute atomic E-state index is 13.6. The van der Waals surface area contributed by atoms with Crippen molar-refractivity contribution in [3.8, 4) is 5.75 Å². The summed E-state index contributed by atoms with van der Waals surface area (Å²) in [7, 11) is 0. The van der Waals surface area contributed by atoms with Crippen LogP contribution in [0.2, 0.25) is 0 Å². The standard InChI is InChI=1S/C28H33N3O7/c1-15-24(33)20(14-17-8-4-3-5-9-17)29-27(36)22(30-26(35)19-10-6-7-11-21(19)32)16(2)38-28(37)23(18-12-13-18)31-25(15)34/h3-11,15-16,18,20,22-24,32-33H,12-14H2,1-2H3,(H,29,36)(H,30,35)(H,31,34). The van der Waals surface area contributed by atoms with Crippen LogP contribution in [0.25, 0.3) is 0 Å². The quantitative estimate of drug-likeness (QED) is 0.367. The van der Waals surface area contributed by atoms with Gasteiger partial charge in [-0.05, 0) is 49.8 Å². The molecule has 1 heterocycles. The number of hydrogen-bond donors (Lipinski definition) is 5. The van der Waals surface area contributed by atoms with Crippen LogP contribution in [0.15, 0.2) is 54.6 Å². The number of nitrogens with one attached hydrogen (secondary N) is 3. The molecular weight excluding hydrogens is 490 g/mol. The van der Waals surface area contributed by atoms with Crippen molar-refractivity contribution in [2.75, 3.05) is 0 Å². The Morgan fingerprint density at radius 3 is 2.29 bits per heavy atom. The Hall–Kier alpha value is -3.92. The second-order valence-corrected chi connectivity index (χ2v) is 10.0. The molecule has 1 saturated carbocycles. The van der Waals surface area contributed by atoms with Gasteiger partial charge in [0.25, 0.3) is 5.91 Å². The SMILES string of the molecule is CC1OC(=O)C(C2CC2)NC(=O)C(C)C(O)C(Cc2ccccc2)NC(=O)C1NC(=O)c1ccccc1O. The highest BCUT2D eigenvalue weighted by Crippen LogP contribution is 2.34. The molecule has 6 atom stereocenters. The Morgan fingerprint density at radius 2 is 1.63 bits per heavy atom. The van der Waals surface area contributed by atoms with Crippen LogP contribution in [-0.4, -0.2) is 64.2 Å². The highest BCUT2D eigenvalue weighted by Gasteiger charge is 2.43. The van der Waals surface area contributed by atoms with Crippen molar-refractivity contribution < 1.29 is 34.1 Å². The molecule has 4 rings (SSSR count). The van der Waals surface area contributed by atoms with Crippen LogP contribution in [0.1, 0.15) is 42.6 Å². The van der Waals surface area contributed by atoms with E-state index in [1.54, 1.807) is 12.1 Å². The first kappa shape index (κ1) is 27.1. The largest absolute Gasteiger partial charge is 0.507 e. The van der Waals surface area contributed by atoms with Crippen molar-refractivity contribution in [1.82, 2.24) is 16.0 Å². The predicted octanol–water partition coefficient (Wildman–Crippen LogP) is 1.06. The number of carbonyl (C=O) groups excluding carboxylic acids is 4. The van der Waals surface area contributed by atoms with Crippen LogP contribution in [0.3, 0.4) is 0 Å². The van der Waals surface area contributed by atoms with E-state index in [0.717, 1.165) is 18.4 Å². The van der Waals surface area contributed by atoms with Gasteiger partial charge in [-0.25, -0.2) is 4.79 Å². The molecule has 0 bridgehead atoms. The van der Waals surface area contributed by atoms with Gasteiger partial charge in [-0.3, -0.25) is 14.4 Å². The third-order valence-electron chi connectivity index (χ3n) is 7.10. The van der Waals surface area contributed by atoms with Gasteiger partial charge in [0.2, 0.25) is 11.8 Å². The fraction of sp³-hybridized carbons (Fsp3) is 0.429. The molecule has 6 unspecified atom stereocenters. The molecule has 3 amide bonds. The fourth-order valence-electron chi connectivity index (χ4n) is 4.59. The number of phenolic OH excluding ortho intramolecular Hbond substituents is 1. The van der Waals surface area contributed by atoms with Gasteiger partial charge in [-0.15, -0.1) is 0 Å². The van der Waals surface area contributed by atoms with Crippen molar-refractivity contribution in [2.24, 2.45) is 11.8 Å². The number of hydrogen-bond acceptors (Lipinski definition) is 7. The fourth-order valence-corrected chi connectivity index (χ4v) is 4.59. The normalized spacial score (nSPS) is 28.7. The molecule has 2 aromatic rings. The van der Waals surface area contributed by atoms with Gasteiger partial charge in [-0.1, -0.05) is 49.4 Å². The third kappa shape index (κ3) is 6.31. The van der Waals surface area contributed by atoms with Crippen LogP contribution in [0.5, 0.6) is 5.75 Å². The van der Waals surface area contributed by atoms with Crippen LogP contribution in [0.4, 0.5) is 0 Å². The number of phenols is 1. The molecule has 38 heavy (non-hydrogen) atoms. The van der Waals surface area contributed by atoms with E-state index >= 15 is 0 Å². The van der Waals surface area contributed by atoms with E-state index in [-0.39, 0.29) is 23.7 Å². The number of ether oxygens (including phenoxy) is 1. The molecule has 5 N–H and O–H groups in total. The summed E-state index contributed by atoms with van der Waals surface area (Å²) in [6.45, 7) is 3.00. The second-order valence-electron chi connectivity index (χ2n) is 10.0. The van der Waals surface area contributed by atoms with E-state index in [2.05, 4.69) is 16.0 Å². The number of cyclic esters (lactones) is 1. The van der Waals surface area contributed by atoms with E-state index in [0.29, 0.717) is 0 Å². The van der Waals surface area contributed by atoms with E-state index in [4.69, 9.17) is 4.74 Å². The minimum Gasteiger partial charge on any atom is -0.507 e. The lowest BCUT2D eigenvalue weighted by Gasteiger charge is -2.33. The zero-order chi connectivity index (χ0) is 27.4. The summed E-state index contributed by atoms with van der Waals surface area (Å²) in [6.07, 6.45) is -0.737. The predicted molar refractivity (Wildman–Crippen MR) is 137 cm³/mol. The van der Waals surface area contributed by atoms with Gasteiger partial charge < -0.3 is 30.9 Å². The summed E-state index contributed by atoms with van der Waals surface area (Å²) in [5, 5.41) is 29.4. The molecule has 202 valence electrons. The first-order valence-corrected chi connectivity index (χ1v) is 12.8. The lowest BCUT2D eigenvalue weighted by molar-refractivity contribution is -0.156. The summed E-state index contributed by atoms with van der Waals surface area (Å²) in [5.41, 5.74) is 0.768. The summed E-state index contributed by atoms with van der Waals surface area (Å²) < 4.78 is 5.60. The van der Waals surface area contributed by atoms with E-state index < -0.39 is 59.9 Å². The Kier molecular flexibility index (Phi) is 8.31. The van der Waals surface area contributed by atoms with Crippen LogP contribution >= 0.6 is 0 Å². The average Bonchev–Trinajstić information content (AvgIpc) is 3.74. The molecule has 2 aromatic carbocycles. The first-order valence-electron chi connectivity index (χ1n) is 12.8. The summed E-state index contributed by atoms with van der Waals surface area (Å²) in [4.78, 5) is 52.6. The number of aromatic hydroxyl groups is 1. The monoisotopic (exact) mass is 523 g/mol. The van der Waals surface area contributed by atoms with Crippen LogP contribution in [0, 0.1) is 11.8 Å². The van der Waals surface area contributed by atoms with Crippen molar-refractivity contribution >= 4 is 23.7 Å². The minimum atomic E-state index is -1.35. The summed E-state index contributed by atoms with van der Waals surface area (Å²) in [5.74, 6) is -4.00. The Morgan fingerprint density at radius 1 is 0.974 bits per heavy atom. The van der Waals surface area contributed by atoms with E-state index in [9.17, 15) is 29.4 Å². The van der Waals surface area contributed by atoms with Crippen LogP contribution in [-0.2, 0) is 25.5 Å². The molecule has 10 heteroatoms. The summed E-state index contributed by atoms with van der Waals surface area (Å²) in [6, 6.07) is 11.9. The molecule has 1 aliphatic carbocycles. The van der Waals surface area contributed by atoms with Gasteiger partial charge in [0, 0.05) is 0 Å². The lowest BCUT2D eigenvalue weighted by atomic mass is 9.91. The van der Waals surface area contributed by atoms with Gasteiger partial charge in [-0.2, -0.15) is 0 Å². The molecule has 1 saturated heterocycles. The van der Waals surface area contributed by atoms with Gasteiger partial charge in [0.05, 0.1) is 23.6 Å². The van der Waals surface area contributed by atoms with Crippen molar-refractivity contribution in [3.63, 3.8) is 0 Å². The zero-order valence-corrected chi connectivity index (χ0v) is 21.3. The molecule has 1 aliphatic heterocycles. The molecule has 2 aliphatic rings. The number of amides is 3. The Balaban J connectivity index is 1.66. The smallest absolute Gasteiger partial charge is 0.329 e. The third-order valence-corrected chi connectivity index (χ3v) is 7.10. The summed E-state index contributed by atoms with van der Waals surface area (Å²) >= 11 is 0. The molecule has 0 aromatic heterocycles. The number of esters is 1. The van der Waals surface area contributed by atoms with Gasteiger partial charge >= 0.3 is 5.97 Å². The minimum absolute atomic E-state index is 0.0532. The number of rotatable bonds is 5. The average molecular weight is 524 g/mol. The molecule has 10 nitrogen and oxygen atoms in total. The number of aliphatic hydroxyl groups is 1. The molecule has 0 radical (unpaired) electrons. The lowest BCUT2D eigenvalue weighted by Crippen LogP contribution is -2.60. The Bertz CT molecular complexity index is 1180. The highest BCUT2D eigenvalue weighted by atomic mass is 16.5.